The number of fused-ring (bicyclic) bond motifs is 7. The van der Waals surface area contributed by atoms with Crippen LogP contribution in [0.5, 0.6) is 0 Å². The number of nitrogens with zero attached hydrogens (tertiary/aromatic N) is 1. The van der Waals surface area contributed by atoms with Crippen molar-refractivity contribution < 1.29 is 19.6 Å². The summed E-state index contributed by atoms with van der Waals surface area (Å²) in [5, 5.41) is 22.9. The van der Waals surface area contributed by atoms with Crippen molar-refractivity contribution in [1.82, 2.24) is 0 Å². The number of esters is 1. The van der Waals surface area contributed by atoms with Gasteiger partial charge in [-0.25, -0.2) is 0 Å². The van der Waals surface area contributed by atoms with Crippen LogP contribution in [0.25, 0.3) is 0 Å². The predicted octanol–water partition coefficient (Wildman–Crippen LogP) is 7.36. The Labute approximate surface area is 235 Å². The number of carbonyl (C=O) groups excluding carboxylic acids is 1. The van der Waals surface area contributed by atoms with Gasteiger partial charge in [0.05, 0.1) is 0 Å². The van der Waals surface area contributed by atoms with Gasteiger partial charge in [0, 0.05) is 22.7 Å². The molecule has 0 saturated heterocycles. The molecule has 1 N–H and O–H groups in total. The van der Waals surface area contributed by atoms with E-state index in [-0.39, 0.29) is 45.2 Å². The lowest BCUT2D eigenvalue weighted by Gasteiger charge is -2.72. The largest absolute Gasteiger partial charge is 0.462 e. The molecule has 9 atom stereocenters. The van der Waals surface area contributed by atoms with E-state index < -0.39 is 11.5 Å². The molecule has 0 aliphatic heterocycles. The molecule has 9 unspecified atom stereocenters. The first-order valence-electron chi connectivity index (χ1n) is 15.7. The molecule has 4 saturated carbocycles. The SMILES string of the molecule is CC(=O)OC1CCC2(C)C(CCC3(C)C2CCC2C4=C(C(C)C)CCC4(C(O)C[N+](=O)[O-])CCC23C)C1(C)C. The van der Waals surface area contributed by atoms with Crippen molar-refractivity contribution in [3.63, 3.8) is 0 Å². The second-order valence-electron chi connectivity index (χ2n) is 15.9. The summed E-state index contributed by atoms with van der Waals surface area (Å²) in [6, 6.07) is 0. The maximum atomic E-state index is 11.9. The van der Waals surface area contributed by atoms with Crippen LogP contribution in [0.15, 0.2) is 11.1 Å². The average molecular weight is 544 g/mol. The molecule has 0 spiro atoms. The maximum absolute atomic E-state index is 11.9. The predicted molar refractivity (Wildman–Crippen MR) is 152 cm³/mol. The smallest absolute Gasteiger partial charge is 0.302 e. The van der Waals surface area contributed by atoms with Crippen LogP contribution >= 0.6 is 0 Å². The number of nitro groups is 1. The summed E-state index contributed by atoms with van der Waals surface area (Å²) in [4.78, 5) is 23.2. The van der Waals surface area contributed by atoms with E-state index in [0.29, 0.717) is 23.7 Å². The number of ether oxygens (including phenoxy) is 1. The first-order chi connectivity index (χ1) is 18.0. The molecule has 0 aromatic rings. The minimum absolute atomic E-state index is 0.0139. The molecule has 0 aromatic carbocycles. The first kappa shape index (κ1) is 29.1. The molecule has 0 heterocycles. The number of aliphatic hydroxyl groups is 1. The molecule has 0 bridgehead atoms. The summed E-state index contributed by atoms with van der Waals surface area (Å²) >= 11 is 0. The van der Waals surface area contributed by atoms with E-state index >= 15 is 0 Å². The number of aliphatic hydroxyl groups excluding tert-OH is 1. The van der Waals surface area contributed by atoms with Crippen molar-refractivity contribution in [1.29, 1.82) is 0 Å². The van der Waals surface area contributed by atoms with Gasteiger partial charge in [-0.15, -0.1) is 0 Å². The standard InChI is InChI=1S/C33H53NO5/c1-20(2)22-11-16-33(26(36)19-34(37)38)18-17-31(7)23(28(22)33)9-10-25-30(6)14-13-27(39-21(3)35)29(4,5)24(30)12-15-32(25,31)8/h20,23-27,36H,9-19H2,1-8H3. The van der Waals surface area contributed by atoms with Gasteiger partial charge in [-0.2, -0.15) is 0 Å². The van der Waals surface area contributed by atoms with E-state index in [1.165, 1.54) is 24.0 Å². The summed E-state index contributed by atoms with van der Waals surface area (Å²) < 4.78 is 5.89. The van der Waals surface area contributed by atoms with Gasteiger partial charge >= 0.3 is 5.97 Å². The second kappa shape index (κ2) is 9.29. The van der Waals surface area contributed by atoms with E-state index in [2.05, 4.69) is 48.5 Å². The van der Waals surface area contributed by atoms with E-state index in [1.807, 2.05) is 0 Å². The van der Waals surface area contributed by atoms with Crippen LogP contribution in [-0.2, 0) is 9.53 Å². The molecule has 0 amide bonds. The molecule has 220 valence electrons. The Bertz CT molecular complexity index is 1060. The highest BCUT2D eigenvalue weighted by atomic mass is 16.6. The van der Waals surface area contributed by atoms with Gasteiger partial charge in [0.15, 0.2) is 0 Å². The normalized spacial score (nSPS) is 45.6. The Morgan fingerprint density at radius 1 is 0.974 bits per heavy atom. The van der Waals surface area contributed by atoms with Crippen molar-refractivity contribution in [2.75, 3.05) is 6.54 Å². The van der Waals surface area contributed by atoms with Crippen LogP contribution in [0.4, 0.5) is 0 Å². The minimum Gasteiger partial charge on any atom is -0.462 e. The molecule has 5 rings (SSSR count). The third kappa shape index (κ3) is 3.92. The van der Waals surface area contributed by atoms with Gasteiger partial charge in [0.1, 0.15) is 12.2 Å². The summed E-state index contributed by atoms with van der Waals surface area (Å²) in [5.41, 5.74) is 2.92. The van der Waals surface area contributed by atoms with Gasteiger partial charge in [-0.05, 0) is 104 Å². The number of rotatable bonds is 5. The van der Waals surface area contributed by atoms with E-state index in [4.69, 9.17) is 4.74 Å². The summed E-state index contributed by atoms with van der Waals surface area (Å²) in [5.74, 6) is 1.75. The zero-order valence-electron chi connectivity index (χ0n) is 25.8. The molecular formula is C33H53NO5. The van der Waals surface area contributed by atoms with E-state index in [1.54, 1.807) is 6.92 Å². The van der Waals surface area contributed by atoms with Gasteiger partial charge in [-0.1, -0.05) is 59.6 Å². The summed E-state index contributed by atoms with van der Waals surface area (Å²) in [7, 11) is 0. The summed E-state index contributed by atoms with van der Waals surface area (Å²) in [6.07, 6.45) is 9.48. The van der Waals surface area contributed by atoms with Gasteiger partial charge in [0.2, 0.25) is 6.54 Å². The van der Waals surface area contributed by atoms with Crippen LogP contribution in [-0.4, -0.2) is 34.8 Å². The average Bonchev–Trinajstić information content (AvgIpc) is 3.22. The number of allylic oxidation sites excluding steroid dienone is 1. The van der Waals surface area contributed by atoms with Gasteiger partial charge in [-0.3, -0.25) is 14.9 Å². The van der Waals surface area contributed by atoms with Crippen molar-refractivity contribution in [3.8, 4) is 0 Å². The van der Waals surface area contributed by atoms with E-state index in [0.717, 1.165) is 51.4 Å². The topological polar surface area (TPSA) is 89.7 Å². The Hall–Kier alpha value is -1.43. The van der Waals surface area contributed by atoms with Crippen LogP contribution < -0.4 is 0 Å². The molecule has 0 radical (unpaired) electrons. The van der Waals surface area contributed by atoms with Gasteiger partial charge in [0.25, 0.3) is 0 Å². The van der Waals surface area contributed by atoms with Crippen molar-refractivity contribution in [2.45, 2.75) is 132 Å². The number of hydrogen-bond donors (Lipinski definition) is 1. The van der Waals surface area contributed by atoms with Crippen LogP contribution in [0.3, 0.4) is 0 Å². The summed E-state index contributed by atoms with van der Waals surface area (Å²) in [6.45, 7) is 18.1. The Morgan fingerprint density at radius 3 is 2.28 bits per heavy atom. The van der Waals surface area contributed by atoms with Crippen molar-refractivity contribution in [2.24, 2.45) is 50.7 Å². The molecule has 39 heavy (non-hydrogen) atoms. The Morgan fingerprint density at radius 2 is 1.67 bits per heavy atom. The zero-order valence-corrected chi connectivity index (χ0v) is 25.8. The fourth-order valence-corrected chi connectivity index (χ4v) is 11.9. The lowest BCUT2D eigenvalue weighted by Crippen LogP contribution is -2.66. The third-order valence-corrected chi connectivity index (χ3v) is 13.9. The van der Waals surface area contributed by atoms with Crippen LogP contribution in [0.1, 0.15) is 120 Å². The van der Waals surface area contributed by atoms with E-state index in [9.17, 15) is 20.0 Å². The Kier molecular flexibility index (Phi) is 6.93. The maximum Gasteiger partial charge on any atom is 0.302 e. The quantitative estimate of drug-likeness (QED) is 0.169. The molecule has 5 aliphatic carbocycles. The molecule has 4 fully saturated rings. The first-order valence-corrected chi connectivity index (χ1v) is 15.7. The zero-order chi connectivity index (χ0) is 28.8. The van der Waals surface area contributed by atoms with Crippen molar-refractivity contribution >= 4 is 5.97 Å². The van der Waals surface area contributed by atoms with Gasteiger partial charge < -0.3 is 9.84 Å². The molecule has 5 aliphatic rings. The lowest BCUT2D eigenvalue weighted by molar-refractivity contribution is -0.494. The minimum atomic E-state index is -0.903. The lowest BCUT2D eigenvalue weighted by atomic mass is 9.33. The highest BCUT2D eigenvalue weighted by Crippen LogP contribution is 2.77. The molecule has 6 nitrogen and oxygen atoms in total. The molecule has 0 aromatic heterocycles. The highest BCUT2D eigenvalue weighted by Gasteiger charge is 2.70. The molecule has 6 heteroatoms. The monoisotopic (exact) mass is 543 g/mol. The van der Waals surface area contributed by atoms with Crippen LogP contribution in [0, 0.1) is 60.9 Å². The molecular weight excluding hydrogens is 490 g/mol. The van der Waals surface area contributed by atoms with Crippen molar-refractivity contribution in [3.05, 3.63) is 21.3 Å². The second-order valence-corrected chi connectivity index (χ2v) is 15.9. The fraction of sp³-hybridized carbons (Fsp3) is 0.909. The third-order valence-electron chi connectivity index (χ3n) is 13.9. The van der Waals surface area contributed by atoms with Crippen LogP contribution in [0.2, 0.25) is 0 Å². The highest BCUT2D eigenvalue weighted by molar-refractivity contribution is 5.66. The fourth-order valence-electron chi connectivity index (χ4n) is 11.9. The number of carbonyl (C=O) groups is 1. The number of hydrogen-bond acceptors (Lipinski definition) is 5. The Balaban J connectivity index is 1.54.